The van der Waals surface area contributed by atoms with Crippen LogP contribution in [0.15, 0.2) is 53.6 Å². The molecule has 1 fully saturated rings. The Morgan fingerprint density at radius 2 is 1.85 bits per heavy atom. The lowest BCUT2D eigenvalue weighted by atomic mass is 9.97. The number of hydrogen-bond acceptors (Lipinski definition) is 6. The molecule has 3 aromatic rings. The van der Waals surface area contributed by atoms with Crippen molar-refractivity contribution in [1.82, 2.24) is 19.7 Å². The molecule has 180 valence electrons. The molecule has 34 heavy (non-hydrogen) atoms. The molecule has 5 rings (SSSR count). The van der Waals surface area contributed by atoms with Gasteiger partial charge in [-0.05, 0) is 56.9 Å². The summed E-state index contributed by atoms with van der Waals surface area (Å²) < 4.78 is 30.3. The van der Waals surface area contributed by atoms with Crippen molar-refractivity contribution >= 4 is 21.5 Å². The number of aromatic nitrogens is 4. The number of aryl methyl sites for hydroxylation is 1. The average molecular weight is 481 g/mol. The van der Waals surface area contributed by atoms with E-state index in [2.05, 4.69) is 24.6 Å². The molecule has 0 saturated carbocycles. The van der Waals surface area contributed by atoms with Gasteiger partial charge in [0.25, 0.3) is 10.0 Å². The van der Waals surface area contributed by atoms with E-state index in [1.807, 2.05) is 43.3 Å². The molecule has 2 aliphatic heterocycles. The molecule has 1 atom stereocenters. The standard InChI is InChI=1S/C25H32N6O2S/c1-2-31(21-11-5-3-6-12-21)34(32,33)22-14-15-23(26-18-22)29-16-9-10-20(19-29)25-28-27-24-13-7-4-8-17-30(24)25/h3,5-6,11-12,14-15,18,20H,2,4,7-10,13,16-17,19H2,1H3. The Morgan fingerprint density at radius 3 is 2.62 bits per heavy atom. The summed E-state index contributed by atoms with van der Waals surface area (Å²) in [5, 5.41) is 9.06. The third-order valence-corrected chi connectivity index (χ3v) is 8.78. The first-order chi connectivity index (χ1) is 16.6. The summed E-state index contributed by atoms with van der Waals surface area (Å²) in [4.78, 5) is 7.03. The molecule has 0 spiro atoms. The molecule has 0 N–H and O–H groups in total. The second kappa shape index (κ2) is 9.74. The van der Waals surface area contributed by atoms with E-state index in [0.29, 0.717) is 18.2 Å². The molecule has 2 aromatic heterocycles. The van der Waals surface area contributed by atoms with Crippen LogP contribution < -0.4 is 9.21 Å². The normalized spacial score (nSPS) is 18.9. The van der Waals surface area contributed by atoms with Crippen molar-refractivity contribution < 1.29 is 8.42 Å². The third kappa shape index (κ3) is 4.41. The van der Waals surface area contributed by atoms with Crippen LogP contribution in [-0.4, -0.2) is 47.8 Å². The number of sulfonamides is 1. The van der Waals surface area contributed by atoms with Gasteiger partial charge in [-0.1, -0.05) is 24.6 Å². The molecule has 8 nitrogen and oxygen atoms in total. The lowest BCUT2D eigenvalue weighted by Gasteiger charge is -2.33. The lowest BCUT2D eigenvalue weighted by Crippen LogP contribution is -2.36. The van der Waals surface area contributed by atoms with Crippen molar-refractivity contribution in [3.05, 3.63) is 60.3 Å². The van der Waals surface area contributed by atoms with Crippen LogP contribution in [0.25, 0.3) is 0 Å². The predicted molar refractivity (Wildman–Crippen MR) is 133 cm³/mol. The average Bonchev–Trinajstić information content (AvgIpc) is 3.13. The highest BCUT2D eigenvalue weighted by Crippen LogP contribution is 2.31. The van der Waals surface area contributed by atoms with Crippen molar-refractivity contribution in [2.75, 3.05) is 28.8 Å². The van der Waals surface area contributed by atoms with Crippen molar-refractivity contribution in [1.29, 1.82) is 0 Å². The van der Waals surface area contributed by atoms with Gasteiger partial charge in [0.2, 0.25) is 0 Å². The minimum absolute atomic E-state index is 0.207. The minimum Gasteiger partial charge on any atom is -0.356 e. The summed E-state index contributed by atoms with van der Waals surface area (Å²) >= 11 is 0. The van der Waals surface area contributed by atoms with Crippen molar-refractivity contribution in [2.45, 2.75) is 62.8 Å². The maximum absolute atomic E-state index is 13.3. The number of nitrogens with zero attached hydrogens (tertiary/aromatic N) is 6. The molecule has 4 heterocycles. The van der Waals surface area contributed by atoms with E-state index in [1.165, 1.54) is 29.8 Å². The SMILES string of the molecule is CCN(c1ccccc1)S(=O)(=O)c1ccc(N2CCCC(c3nnc4n3CCCCC4)C2)nc1. The fourth-order valence-electron chi connectivity index (χ4n) is 5.13. The van der Waals surface area contributed by atoms with E-state index in [-0.39, 0.29) is 4.90 Å². The van der Waals surface area contributed by atoms with Gasteiger partial charge in [-0.2, -0.15) is 0 Å². The van der Waals surface area contributed by atoms with E-state index in [1.54, 1.807) is 6.07 Å². The number of fused-ring (bicyclic) bond motifs is 1. The monoisotopic (exact) mass is 480 g/mol. The number of hydrogen-bond donors (Lipinski definition) is 0. The Labute approximate surface area is 201 Å². The Kier molecular flexibility index (Phi) is 6.54. The zero-order valence-corrected chi connectivity index (χ0v) is 20.5. The second-order valence-electron chi connectivity index (χ2n) is 9.08. The molecule has 0 aliphatic carbocycles. The Balaban J connectivity index is 1.34. The van der Waals surface area contributed by atoms with Gasteiger partial charge in [0, 0.05) is 44.7 Å². The fraction of sp³-hybridized carbons (Fsp3) is 0.480. The third-order valence-electron chi connectivity index (χ3n) is 6.89. The highest BCUT2D eigenvalue weighted by molar-refractivity contribution is 7.92. The predicted octanol–water partition coefficient (Wildman–Crippen LogP) is 4.00. The molecule has 1 unspecified atom stereocenters. The van der Waals surface area contributed by atoms with Gasteiger partial charge < -0.3 is 9.47 Å². The first-order valence-electron chi connectivity index (χ1n) is 12.3. The number of rotatable bonds is 6. The smallest absolute Gasteiger partial charge is 0.265 e. The second-order valence-corrected chi connectivity index (χ2v) is 10.9. The number of piperidine rings is 1. The van der Waals surface area contributed by atoms with Gasteiger partial charge in [-0.3, -0.25) is 4.31 Å². The summed E-state index contributed by atoms with van der Waals surface area (Å²) in [5.41, 5.74) is 0.653. The lowest BCUT2D eigenvalue weighted by molar-refractivity contribution is 0.463. The van der Waals surface area contributed by atoms with Crippen LogP contribution in [0.5, 0.6) is 0 Å². The summed E-state index contributed by atoms with van der Waals surface area (Å²) in [5.74, 6) is 3.34. The van der Waals surface area contributed by atoms with Crippen LogP contribution in [0.3, 0.4) is 0 Å². The maximum atomic E-state index is 13.3. The summed E-state index contributed by atoms with van der Waals surface area (Å²) in [6, 6.07) is 12.7. The van der Waals surface area contributed by atoms with E-state index in [4.69, 9.17) is 0 Å². The summed E-state index contributed by atoms with van der Waals surface area (Å²) in [6.45, 7) is 4.92. The molecule has 1 saturated heterocycles. The van der Waals surface area contributed by atoms with Gasteiger partial charge in [0.05, 0.1) is 5.69 Å². The molecular weight excluding hydrogens is 448 g/mol. The molecule has 1 aromatic carbocycles. The molecule has 0 amide bonds. The van der Waals surface area contributed by atoms with Gasteiger partial charge >= 0.3 is 0 Å². The summed E-state index contributed by atoms with van der Waals surface area (Å²) in [7, 11) is -3.68. The minimum atomic E-state index is -3.68. The first-order valence-corrected chi connectivity index (χ1v) is 13.7. The summed E-state index contributed by atoms with van der Waals surface area (Å²) in [6.07, 6.45) is 8.26. The number of para-hydroxylation sites is 1. The topological polar surface area (TPSA) is 84.2 Å². The molecule has 2 aliphatic rings. The number of pyridine rings is 1. The highest BCUT2D eigenvalue weighted by atomic mass is 32.2. The molecule has 0 bridgehead atoms. The van der Waals surface area contributed by atoms with E-state index in [9.17, 15) is 8.42 Å². The van der Waals surface area contributed by atoms with Crippen LogP contribution in [0.2, 0.25) is 0 Å². The van der Waals surface area contributed by atoms with Gasteiger partial charge in [-0.15, -0.1) is 10.2 Å². The van der Waals surface area contributed by atoms with E-state index in [0.717, 1.165) is 56.4 Å². The molecule has 0 radical (unpaired) electrons. The Morgan fingerprint density at radius 1 is 1.00 bits per heavy atom. The Hall–Kier alpha value is -2.94. The quantitative estimate of drug-likeness (QED) is 0.530. The zero-order chi connectivity index (χ0) is 23.5. The van der Waals surface area contributed by atoms with Crippen LogP contribution in [-0.2, 0) is 23.0 Å². The fourth-order valence-corrected chi connectivity index (χ4v) is 6.55. The van der Waals surface area contributed by atoms with Crippen molar-refractivity contribution in [2.24, 2.45) is 0 Å². The van der Waals surface area contributed by atoms with Crippen LogP contribution in [0.1, 0.15) is 56.6 Å². The van der Waals surface area contributed by atoms with E-state index < -0.39 is 10.0 Å². The van der Waals surface area contributed by atoms with Crippen molar-refractivity contribution in [3.8, 4) is 0 Å². The highest BCUT2D eigenvalue weighted by Gasteiger charge is 2.29. The number of benzene rings is 1. The van der Waals surface area contributed by atoms with E-state index >= 15 is 0 Å². The first kappa shape index (κ1) is 22.8. The molecular formula is C25H32N6O2S. The van der Waals surface area contributed by atoms with Gasteiger partial charge in [-0.25, -0.2) is 13.4 Å². The molecule has 9 heteroatoms. The van der Waals surface area contributed by atoms with Crippen LogP contribution in [0.4, 0.5) is 11.5 Å². The zero-order valence-electron chi connectivity index (χ0n) is 19.7. The maximum Gasteiger partial charge on any atom is 0.265 e. The van der Waals surface area contributed by atoms with Crippen LogP contribution in [0, 0.1) is 0 Å². The van der Waals surface area contributed by atoms with Crippen LogP contribution >= 0.6 is 0 Å². The largest absolute Gasteiger partial charge is 0.356 e. The Bertz CT molecular complexity index is 1210. The number of anilines is 2. The van der Waals surface area contributed by atoms with Gasteiger partial charge in [0.15, 0.2) is 0 Å². The van der Waals surface area contributed by atoms with Crippen molar-refractivity contribution in [3.63, 3.8) is 0 Å². The van der Waals surface area contributed by atoms with Gasteiger partial charge in [0.1, 0.15) is 22.4 Å².